The number of nitrogen functional groups attached to an aromatic ring is 1. The second kappa shape index (κ2) is 11.2. The zero-order valence-electron chi connectivity index (χ0n) is 20.5. The molecule has 0 spiro atoms. The fraction of sp³-hybridized carbons (Fsp3) is 0.520. The van der Waals surface area contributed by atoms with E-state index in [0.29, 0.717) is 13.1 Å². The van der Waals surface area contributed by atoms with Gasteiger partial charge < -0.3 is 10.6 Å². The average molecular weight is 499 g/mol. The molecule has 0 bridgehead atoms. The molecule has 2 aromatic heterocycles. The minimum absolute atomic E-state index is 0.0563. The molecular weight excluding hydrogens is 464 g/mol. The monoisotopic (exact) mass is 498 g/mol. The first-order valence-corrected chi connectivity index (χ1v) is 13.3. The molecule has 1 aliphatic rings. The van der Waals surface area contributed by atoms with Crippen molar-refractivity contribution < 1.29 is 4.79 Å². The number of likely N-dealkylation sites (tertiary alicyclic amines) is 1. The highest BCUT2D eigenvalue weighted by molar-refractivity contribution is 7.18. The highest BCUT2D eigenvalue weighted by Crippen LogP contribution is 2.36. The number of benzene rings is 1. The Morgan fingerprint density at radius 2 is 2.00 bits per heavy atom. The number of thiazole rings is 1. The van der Waals surface area contributed by atoms with Crippen molar-refractivity contribution in [2.75, 3.05) is 30.3 Å². The molecule has 1 fully saturated rings. The zero-order chi connectivity index (χ0) is 24.9. The van der Waals surface area contributed by atoms with Gasteiger partial charge in [-0.1, -0.05) is 38.8 Å². The maximum absolute atomic E-state index is 13.6. The molecule has 3 N–H and O–H groups in total. The largest absolute Gasteiger partial charge is 0.383 e. The Bertz CT molecular complexity index is 1260. The average Bonchev–Trinajstić information content (AvgIpc) is 3.47. The lowest BCUT2D eigenvalue weighted by molar-refractivity contribution is -0.120. The van der Waals surface area contributed by atoms with E-state index in [9.17, 15) is 14.4 Å². The van der Waals surface area contributed by atoms with Crippen LogP contribution in [0.5, 0.6) is 0 Å². The molecule has 9 nitrogen and oxygen atoms in total. The molecule has 0 saturated carbocycles. The third-order valence-electron chi connectivity index (χ3n) is 6.55. The zero-order valence-corrected chi connectivity index (χ0v) is 21.3. The second-order valence-electron chi connectivity index (χ2n) is 9.05. The number of aromatic nitrogens is 3. The molecule has 3 heterocycles. The normalized spacial score (nSPS) is 16.2. The van der Waals surface area contributed by atoms with Gasteiger partial charge in [-0.2, -0.15) is 0 Å². The molecule has 1 atom stereocenters. The molecule has 1 unspecified atom stereocenters. The number of nitrogens with zero attached hydrogens (tertiary/aromatic N) is 4. The van der Waals surface area contributed by atoms with E-state index in [-0.39, 0.29) is 30.0 Å². The number of H-pyrrole nitrogens is 1. The first-order chi connectivity index (χ1) is 16.9. The van der Waals surface area contributed by atoms with Gasteiger partial charge in [0.05, 0.1) is 22.8 Å². The number of hydrogen-bond acceptors (Lipinski definition) is 7. The summed E-state index contributed by atoms with van der Waals surface area (Å²) in [5, 5.41) is 1.02. The van der Waals surface area contributed by atoms with Crippen LogP contribution in [0.4, 0.5) is 11.5 Å². The number of anilines is 2. The predicted octanol–water partition coefficient (Wildman–Crippen LogP) is 3.50. The van der Waals surface area contributed by atoms with Crippen LogP contribution in [0.2, 0.25) is 0 Å². The Balaban J connectivity index is 1.62. The summed E-state index contributed by atoms with van der Waals surface area (Å²) in [6.45, 7) is 5.76. The van der Waals surface area contributed by atoms with E-state index in [0.717, 1.165) is 60.3 Å². The number of unbranched alkanes of at least 4 members (excludes halogenated alkanes) is 2. The molecule has 3 aromatic rings. The van der Waals surface area contributed by atoms with Gasteiger partial charge in [0.15, 0.2) is 5.69 Å². The summed E-state index contributed by atoms with van der Waals surface area (Å²) in [5.74, 6) is -0.134. The van der Waals surface area contributed by atoms with Crippen LogP contribution in [0.15, 0.2) is 33.9 Å². The third-order valence-corrected chi connectivity index (χ3v) is 7.69. The molecule has 35 heavy (non-hydrogen) atoms. The molecule has 1 amide bonds. The topological polar surface area (TPSA) is 117 Å². The van der Waals surface area contributed by atoms with Gasteiger partial charge in [0.25, 0.3) is 5.56 Å². The fourth-order valence-electron chi connectivity index (χ4n) is 4.64. The number of rotatable bonds is 10. The molecule has 1 saturated heterocycles. The van der Waals surface area contributed by atoms with Crippen LogP contribution in [0, 0.1) is 0 Å². The number of aromatic amines is 1. The lowest BCUT2D eigenvalue weighted by Gasteiger charge is -2.28. The van der Waals surface area contributed by atoms with Crippen molar-refractivity contribution in [3.05, 3.63) is 50.1 Å². The molecule has 4 rings (SSSR count). The van der Waals surface area contributed by atoms with Crippen LogP contribution in [-0.4, -0.2) is 45.0 Å². The number of amides is 1. The highest BCUT2D eigenvalue weighted by Gasteiger charge is 2.32. The number of carbonyl (C=O) groups is 1. The summed E-state index contributed by atoms with van der Waals surface area (Å²) >= 11 is 1.67. The van der Waals surface area contributed by atoms with Gasteiger partial charge in [0.1, 0.15) is 10.8 Å². The fourth-order valence-corrected chi connectivity index (χ4v) is 5.78. The number of nitrogens with one attached hydrogen (secondary N) is 1. The number of nitrogens with two attached hydrogens (primary N) is 1. The van der Waals surface area contributed by atoms with Crippen molar-refractivity contribution in [2.45, 2.75) is 65.0 Å². The van der Waals surface area contributed by atoms with Gasteiger partial charge in [-0.05, 0) is 44.4 Å². The number of para-hydroxylation sites is 1. The standard InChI is InChI=1S/C25H34N6O3S/c1-3-5-14-30(21-22(26)31(15-6-4-2)25(34)28-23(21)33)20(32)16-29-13-9-11-18(29)24-27-17-10-7-8-12-19(17)35-24/h7-8,10,12,18H,3-6,9,11,13-16,26H2,1-2H3,(H,28,33,34). The van der Waals surface area contributed by atoms with Crippen LogP contribution >= 0.6 is 11.3 Å². The van der Waals surface area contributed by atoms with E-state index < -0.39 is 11.2 Å². The predicted molar refractivity (Wildman–Crippen MR) is 141 cm³/mol. The third kappa shape index (κ3) is 5.33. The van der Waals surface area contributed by atoms with Crippen LogP contribution in [-0.2, 0) is 11.3 Å². The highest BCUT2D eigenvalue weighted by atomic mass is 32.1. The van der Waals surface area contributed by atoms with Gasteiger partial charge in [-0.25, -0.2) is 9.78 Å². The SMILES string of the molecule is CCCCN(C(=O)CN1CCCC1c1nc2ccccc2s1)c1c(N)n(CCCC)c(=O)[nH]c1=O. The first kappa shape index (κ1) is 25.1. The number of fused-ring (bicyclic) bond motifs is 1. The molecular formula is C25H34N6O3S. The van der Waals surface area contributed by atoms with Crippen LogP contribution < -0.4 is 21.9 Å². The number of hydrogen-bond donors (Lipinski definition) is 2. The lowest BCUT2D eigenvalue weighted by Crippen LogP contribution is -2.45. The smallest absolute Gasteiger partial charge is 0.330 e. The summed E-state index contributed by atoms with van der Waals surface area (Å²) in [4.78, 5) is 49.7. The Labute approximate surface area is 208 Å². The van der Waals surface area contributed by atoms with E-state index in [1.165, 1.54) is 9.47 Å². The number of carbonyl (C=O) groups excluding carboxylic acids is 1. The lowest BCUT2D eigenvalue weighted by atomic mass is 10.2. The quantitative estimate of drug-likeness (QED) is 0.442. The van der Waals surface area contributed by atoms with Crippen LogP contribution in [0.1, 0.15) is 63.4 Å². The van der Waals surface area contributed by atoms with Crippen LogP contribution in [0.25, 0.3) is 10.2 Å². The van der Waals surface area contributed by atoms with Gasteiger partial charge in [-0.3, -0.25) is 24.0 Å². The van der Waals surface area contributed by atoms with Gasteiger partial charge in [0, 0.05) is 13.1 Å². The summed E-state index contributed by atoms with van der Waals surface area (Å²) in [5.41, 5.74) is 6.23. The Morgan fingerprint density at radius 3 is 2.74 bits per heavy atom. The molecule has 0 aliphatic carbocycles. The summed E-state index contributed by atoms with van der Waals surface area (Å²) in [6, 6.07) is 8.13. The summed E-state index contributed by atoms with van der Waals surface area (Å²) < 4.78 is 2.51. The van der Waals surface area contributed by atoms with E-state index in [1.807, 2.05) is 32.0 Å². The maximum Gasteiger partial charge on any atom is 0.330 e. The molecule has 1 aliphatic heterocycles. The van der Waals surface area contributed by atoms with Crippen molar-refractivity contribution in [1.29, 1.82) is 0 Å². The molecule has 188 valence electrons. The Hall–Kier alpha value is -2.98. The molecule has 0 radical (unpaired) electrons. The minimum Gasteiger partial charge on any atom is -0.383 e. The maximum atomic E-state index is 13.6. The van der Waals surface area contributed by atoms with Crippen molar-refractivity contribution in [1.82, 2.24) is 19.4 Å². The van der Waals surface area contributed by atoms with Crippen molar-refractivity contribution in [3.8, 4) is 0 Å². The summed E-state index contributed by atoms with van der Waals surface area (Å²) in [7, 11) is 0. The van der Waals surface area contributed by atoms with Gasteiger partial charge in [0.2, 0.25) is 5.91 Å². The summed E-state index contributed by atoms with van der Waals surface area (Å²) in [6.07, 6.45) is 5.12. The van der Waals surface area contributed by atoms with Crippen LogP contribution in [0.3, 0.4) is 0 Å². The Morgan fingerprint density at radius 1 is 1.23 bits per heavy atom. The van der Waals surface area contributed by atoms with E-state index in [2.05, 4.69) is 16.0 Å². The minimum atomic E-state index is -0.617. The molecule has 10 heteroatoms. The van der Waals surface area contributed by atoms with E-state index >= 15 is 0 Å². The van der Waals surface area contributed by atoms with Crippen molar-refractivity contribution >= 4 is 39.0 Å². The second-order valence-corrected chi connectivity index (χ2v) is 10.1. The molecule has 1 aromatic carbocycles. The Kier molecular flexibility index (Phi) is 8.02. The van der Waals surface area contributed by atoms with E-state index in [1.54, 1.807) is 11.3 Å². The van der Waals surface area contributed by atoms with Gasteiger partial charge in [-0.15, -0.1) is 11.3 Å². The first-order valence-electron chi connectivity index (χ1n) is 12.5. The van der Waals surface area contributed by atoms with Crippen molar-refractivity contribution in [2.24, 2.45) is 0 Å². The van der Waals surface area contributed by atoms with Crippen molar-refractivity contribution in [3.63, 3.8) is 0 Å². The van der Waals surface area contributed by atoms with Gasteiger partial charge >= 0.3 is 5.69 Å². The van der Waals surface area contributed by atoms with E-state index in [4.69, 9.17) is 10.7 Å².